The van der Waals surface area contributed by atoms with Crippen molar-refractivity contribution in [3.05, 3.63) is 29.8 Å². The molecule has 0 heterocycles. The largest absolute Gasteiger partial charge is 0.493 e. The maximum atomic E-state index is 5.91. The fourth-order valence-corrected chi connectivity index (χ4v) is 1.85. The molecule has 0 saturated heterocycles. The van der Waals surface area contributed by atoms with Gasteiger partial charge in [0.25, 0.3) is 0 Å². The molecule has 0 radical (unpaired) electrons. The summed E-state index contributed by atoms with van der Waals surface area (Å²) >= 11 is 0. The molecule has 1 rings (SSSR count). The number of benzene rings is 1. The quantitative estimate of drug-likeness (QED) is 0.746. The van der Waals surface area contributed by atoms with Gasteiger partial charge >= 0.3 is 0 Å². The molecule has 102 valence electrons. The number of ether oxygens (including phenoxy) is 1. The van der Waals surface area contributed by atoms with Crippen molar-refractivity contribution in [2.24, 2.45) is 5.92 Å². The molecule has 0 amide bonds. The Hall–Kier alpha value is -1.02. The Morgan fingerprint density at radius 3 is 2.56 bits per heavy atom. The minimum atomic E-state index is 0.347. The number of hydrogen-bond acceptors (Lipinski definition) is 2. The van der Waals surface area contributed by atoms with Crippen LogP contribution in [0.15, 0.2) is 24.3 Å². The third-order valence-electron chi connectivity index (χ3n) is 3.04. The lowest BCUT2D eigenvalue weighted by atomic mass is 10.1. The minimum absolute atomic E-state index is 0.347. The Labute approximate surface area is 112 Å². The van der Waals surface area contributed by atoms with E-state index < -0.39 is 0 Å². The molecule has 0 aliphatic carbocycles. The molecule has 0 aliphatic rings. The number of rotatable bonds is 8. The van der Waals surface area contributed by atoms with Crippen molar-refractivity contribution in [2.75, 3.05) is 13.2 Å². The van der Waals surface area contributed by atoms with Crippen LogP contribution >= 0.6 is 0 Å². The highest BCUT2D eigenvalue weighted by molar-refractivity contribution is 5.35. The first-order valence-corrected chi connectivity index (χ1v) is 7.10. The van der Waals surface area contributed by atoms with E-state index in [9.17, 15) is 0 Å². The SMILES string of the molecule is CCCNC(C)c1ccccc1OCCC(C)C. The summed E-state index contributed by atoms with van der Waals surface area (Å²) in [6.45, 7) is 10.7. The van der Waals surface area contributed by atoms with Crippen molar-refractivity contribution in [1.29, 1.82) is 0 Å². The van der Waals surface area contributed by atoms with Crippen LogP contribution in [0.5, 0.6) is 5.75 Å². The van der Waals surface area contributed by atoms with Gasteiger partial charge < -0.3 is 10.1 Å². The first-order valence-electron chi connectivity index (χ1n) is 7.10. The van der Waals surface area contributed by atoms with E-state index in [1.165, 1.54) is 5.56 Å². The predicted octanol–water partition coefficient (Wildman–Crippen LogP) is 4.17. The van der Waals surface area contributed by atoms with E-state index in [1.807, 2.05) is 6.07 Å². The maximum absolute atomic E-state index is 5.91. The van der Waals surface area contributed by atoms with Gasteiger partial charge in [-0.1, -0.05) is 39.0 Å². The molecule has 0 bridgehead atoms. The maximum Gasteiger partial charge on any atom is 0.124 e. The van der Waals surface area contributed by atoms with Crippen molar-refractivity contribution in [3.63, 3.8) is 0 Å². The van der Waals surface area contributed by atoms with Crippen LogP contribution in [0.3, 0.4) is 0 Å². The van der Waals surface area contributed by atoms with Gasteiger partial charge in [0.2, 0.25) is 0 Å². The molecule has 1 unspecified atom stereocenters. The summed E-state index contributed by atoms with van der Waals surface area (Å²) < 4.78 is 5.91. The molecular weight excluding hydrogens is 222 g/mol. The van der Waals surface area contributed by atoms with E-state index in [0.717, 1.165) is 31.7 Å². The molecule has 0 aliphatic heterocycles. The van der Waals surface area contributed by atoms with Crippen LogP contribution in [0, 0.1) is 5.92 Å². The third-order valence-corrected chi connectivity index (χ3v) is 3.04. The van der Waals surface area contributed by atoms with Gasteiger partial charge in [-0.05, 0) is 38.3 Å². The van der Waals surface area contributed by atoms with E-state index >= 15 is 0 Å². The lowest BCUT2D eigenvalue weighted by molar-refractivity contribution is 0.284. The molecule has 2 nitrogen and oxygen atoms in total. The van der Waals surface area contributed by atoms with Crippen LogP contribution in [-0.2, 0) is 0 Å². The highest BCUT2D eigenvalue weighted by Crippen LogP contribution is 2.25. The normalized spacial score (nSPS) is 12.7. The zero-order chi connectivity index (χ0) is 13.4. The topological polar surface area (TPSA) is 21.3 Å². The van der Waals surface area contributed by atoms with Crippen LogP contribution in [-0.4, -0.2) is 13.2 Å². The second kappa shape index (κ2) is 8.15. The molecule has 0 spiro atoms. The van der Waals surface area contributed by atoms with Crippen molar-refractivity contribution in [2.45, 2.75) is 46.6 Å². The average molecular weight is 249 g/mol. The summed E-state index contributed by atoms with van der Waals surface area (Å²) in [6, 6.07) is 8.69. The average Bonchev–Trinajstić information content (AvgIpc) is 2.36. The van der Waals surface area contributed by atoms with Gasteiger partial charge in [0.05, 0.1) is 6.61 Å². The molecule has 1 aromatic carbocycles. The van der Waals surface area contributed by atoms with Gasteiger partial charge in [0.15, 0.2) is 0 Å². The van der Waals surface area contributed by atoms with Crippen molar-refractivity contribution in [1.82, 2.24) is 5.32 Å². The van der Waals surface area contributed by atoms with E-state index in [2.05, 4.69) is 51.2 Å². The summed E-state index contributed by atoms with van der Waals surface area (Å²) in [7, 11) is 0. The van der Waals surface area contributed by atoms with Crippen LogP contribution in [0.4, 0.5) is 0 Å². The second-order valence-electron chi connectivity index (χ2n) is 5.24. The smallest absolute Gasteiger partial charge is 0.124 e. The fourth-order valence-electron chi connectivity index (χ4n) is 1.85. The van der Waals surface area contributed by atoms with Gasteiger partial charge in [0, 0.05) is 11.6 Å². The summed E-state index contributed by atoms with van der Waals surface area (Å²) in [6.07, 6.45) is 2.26. The van der Waals surface area contributed by atoms with E-state index in [1.54, 1.807) is 0 Å². The third kappa shape index (κ3) is 5.09. The first kappa shape index (κ1) is 15.0. The molecule has 0 aromatic heterocycles. The van der Waals surface area contributed by atoms with Gasteiger partial charge in [-0.3, -0.25) is 0 Å². The number of nitrogens with one attached hydrogen (secondary N) is 1. The lowest BCUT2D eigenvalue weighted by Crippen LogP contribution is -2.20. The van der Waals surface area contributed by atoms with E-state index in [4.69, 9.17) is 4.74 Å². The fraction of sp³-hybridized carbons (Fsp3) is 0.625. The zero-order valence-corrected chi connectivity index (χ0v) is 12.2. The molecule has 1 N–H and O–H groups in total. The molecule has 18 heavy (non-hydrogen) atoms. The van der Waals surface area contributed by atoms with Crippen LogP contribution in [0.1, 0.15) is 52.1 Å². The Balaban J connectivity index is 2.60. The summed E-state index contributed by atoms with van der Waals surface area (Å²) in [5.74, 6) is 1.71. The Kier molecular flexibility index (Phi) is 6.81. The number of para-hydroxylation sites is 1. The number of hydrogen-bond donors (Lipinski definition) is 1. The minimum Gasteiger partial charge on any atom is -0.493 e. The molecule has 1 atom stereocenters. The predicted molar refractivity (Wildman–Crippen MR) is 78.1 cm³/mol. The molecule has 0 fully saturated rings. The Morgan fingerprint density at radius 2 is 1.89 bits per heavy atom. The Bertz CT molecular complexity index is 336. The van der Waals surface area contributed by atoms with Gasteiger partial charge in [-0.15, -0.1) is 0 Å². The lowest BCUT2D eigenvalue weighted by Gasteiger charge is -2.18. The zero-order valence-electron chi connectivity index (χ0n) is 12.2. The van der Waals surface area contributed by atoms with Crippen molar-refractivity contribution in [3.8, 4) is 5.75 Å². The van der Waals surface area contributed by atoms with Crippen LogP contribution in [0.25, 0.3) is 0 Å². The van der Waals surface area contributed by atoms with Gasteiger partial charge in [-0.25, -0.2) is 0 Å². The monoisotopic (exact) mass is 249 g/mol. The van der Waals surface area contributed by atoms with Gasteiger partial charge in [-0.2, -0.15) is 0 Å². The highest BCUT2D eigenvalue weighted by Gasteiger charge is 2.10. The van der Waals surface area contributed by atoms with Crippen molar-refractivity contribution >= 4 is 0 Å². The highest BCUT2D eigenvalue weighted by atomic mass is 16.5. The van der Waals surface area contributed by atoms with Gasteiger partial charge in [0.1, 0.15) is 5.75 Å². The van der Waals surface area contributed by atoms with E-state index in [0.29, 0.717) is 12.0 Å². The summed E-state index contributed by atoms with van der Waals surface area (Å²) in [5.41, 5.74) is 1.26. The summed E-state index contributed by atoms with van der Waals surface area (Å²) in [5, 5.41) is 3.51. The molecule has 0 saturated carbocycles. The molecule has 2 heteroatoms. The van der Waals surface area contributed by atoms with Crippen LogP contribution < -0.4 is 10.1 Å². The van der Waals surface area contributed by atoms with Crippen molar-refractivity contribution < 1.29 is 4.74 Å². The first-order chi connectivity index (χ1) is 8.65. The molecular formula is C16H27NO. The van der Waals surface area contributed by atoms with E-state index in [-0.39, 0.29) is 0 Å². The second-order valence-corrected chi connectivity index (χ2v) is 5.24. The van der Waals surface area contributed by atoms with Crippen LogP contribution in [0.2, 0.25) is 0 Å². The molecule has 1 aromatic rings. The Morgan fingerprint density at radius 1 is 1.17 bits per heavy atom. The summed E-state index contributed by atoms with van der Waals surface area (Å²) in [4.78, 5) is 0. The standard InChI is InChI=1S/C16H27NO/c1-5-11-17-14(4)15-8-6-7-9-16(15)18-12-10-13(2)3/h6-9,13-14,17H,5,10-12H2,1-4H3.